The molecule has 1 aromatic heterocycles. The Morgan fingerprint density at radius 3 is 2.68 bits per heavy atom. The molecule has 0 radical (unpaired) electrons. The number of nitrogens with two attached hydrogens (primary N) is 1. The Balaban J connectivity index is 2.21. The fraction of sp³-hybridized carbons (Fsp3) is 0.294. The highest BCUT2D eigenvalue weighted by Gasteiger charge is 2.22. The van der Waals surface area contributed by atoms with Crippen molar-refractivity contribution in [2.75, 3.05) is 14.2 Å². The number of ether oxygens (including phenoxy) is 2. The Morgan fingerprint density at radius 2 is 2.00 bits per heavy atom. The van der Waals surface area contributed by atoms with E-state index >= 15 is 0 Å². The lowest BCUT2D eigenvalue weighted by molar-refractivity contribution is 0.100. The summed E-state index contributed by atoms with van der Waals surface area (Å²) >= 11 is 0. The van der Waals surface area contributed by atoms with Crippen molar-refractivity contribution >= 4 is 5.91 Å². The predicted octanol–water partition coefficient (Wildman–Crippen LogP) is 2.35. The number of carbonyl (C=O) groups is 1. The maximum Gasteiger partial charge on any atom is 0.250 e. The van der Waals surface area contributed by atoms with Crippen LogP contribution in [0.1, 0.15) is 28.0 Å². The molecule has 0 unspecified atom stereocenters. The number of amides is 1. The minimum absolute atomic E-state index is 0.434. The molecule has 1 amide bonds. The van der Waals surface area contributed by atoms with E-state index in [0.29, 0.717) is 22.8 Å². The number of benzene rings is 1. The van der Waals surface area contributed by atoms with Gasteiger partial charge >= 0.3 is 0 Å². The maximum absolute atomic E-state index is 11.8. The molecule has 0 saturated heterocycles. The van der Waals surface area contributed by atoms with E-state index in [1.54, 1.807) is 20.3 Å². The number of primary amides is 1. The minimum Gasteiger partial charge on any atom is -0.497 e. The van der Waals surface area contributed by atoms with E-state index in [9.17, 15) is 4.79 Å². The predicted molar refractivity (Wildman–Crippen MR) is 83.3 cm³/mol. The first-order chi connectivity index (χ1) is 10.6. The van der Waals surface area contributed by atoms with Crippen molar-refractivity contribution in [1.29, 1.82) is 0 Å². The first-order valence-corrected chi connectivity index (χ1v) is 7.19. The number of hydrogen-bond donors (Lipinski definition) is 1. The SMILES string of the molecule is COc1ccc(-c2nc3c(cc2C(N)=O)CCC3)c(OC)c1. The molecule has 2 aromatic rings. The highest BCUT2D eigenvalue weighted by Crippen LogP contribution is 2.36. The van der Waals surface area contributed by atoms with E-state index in [0.717, 1.165) is 36.1 Å². The van der Waals surface area contributed by atoms with Gasteiger partial charge in [0.25, 0.3) is 5.91 Å². The number of hydrogen-bond acceptors (Lipinski definition) is 4. The van der Waals surface area contributed by atoms with E-state index in [1.165, 1.54) is 0 Å². The van der Waals surface area contributed by atoms with Crippen LogP contribution in [0.5, 0.6) is 11.5 Å². The monoisotopic (exact) mass is 298 g/mol. The topological polar surface area (TPSA) is 74.4 Å². The molecule has 0 fully saturated rings. The van der Waals surface area contributed by atoms with Gasteiger partial charge in [0.2, 0.25) is 0 Å². The Labute approximate surface area is 129 Å². The third-order valence-corrected chi connectivity index (χ3v) is 3.98. The summed E-state index contributed by atoms with van der Waals surface area (Å²) in [5, 5.41) is 0. The third-order valence-electron chi connectivity index (χ3n) is 3.98. The lowest BCUT2D eigenvalue weighted by Crippen LogP contribution is -2.14. The molecule has 5 heteroatoms. The van der Waals surface area contributed by atoms with Gasteiger partial charge < -0.3 is 15.2 Å². The second-order valence-corrected chi connectivity index (χ2v) is 5.27. The molecule has 1 heterocycles. The summed E-state index contributed by atoms with van der Waals surface area (Å²) in [6.07, 6.45) is 2.94. The van der Waals surface area contributed by atoms with Crippen LogP contribution in [0.25, 0.3) is 11.3 Å². The maximum atomic E-state index is 11.8. The molecule has 1 aromatic carbocycles. The average Bonchev–Trinajstić information content (AvgIpc) is 3.00. The van der Waals surface area contributed by atoms with Gasteiger partial charge in [0.1, 0.15) is 11.5 Å². The summed E-state index contributed by atoms with van der Waals surface area (Å²) in [7, 11) is 3.17. The molecule has 0 bridgehead atoms. The Bertz CT molecular complexity index is 741. The van der Waals surface area contributed by atoms with Gasteiger partial charge in [0.15, 0.2) is 0 Å². The van der Waals surface area contributed by atoms with Crippen LogP contribution in [-0.2, 0) is 12.8 Å². The van der Waals surface area contributed by atoms with Crippen LogP contribution in [-0.4, -0.2) is 25.1 Å². The van der Waals surface area contributed by atoms with Crippen molar-refractivity contribution < 1.29 is 14.3 Å². The van der Waals surface area contributed by atoms with Crippen molar-refractivity contribution in [2.45, 2.75) is 19.3 Å². The summed E-state index contributed by atoms with van der Waals surface area (Å²) < 4.78 is 10.6. The molecule has 0 atom stereocenters. The van der Waals surface area contributed by atoms with Gasteiger partial charge in [-0.05, 0) is 43.0 Å². The number of aryl methyl sites for hydroxylation is 2. The van der Waals surface area contributed by atoms with Crippen LogP contribution in [0.3, 0.4) is 0 Å². The fourth-order valence-electron chi connectivity index (χ4n) is 2.86. The molecular formula is C17H18N2O3. The highest BCUT2D eigenvalue weighted by molar-refractivity contribution is 5.99. The molecule has 0 aliphatic heterocycles. The molecule has 1 aliphatic carbocycles. The molecule has 3 rings (SSSR count). The number of methoxy groups -OCH3 is 2. The molecule has 2 N–H and O–H groups in total. The van der Waals surface area contributed by atoms with Gasteiger partial charge in [-0.2, -0.15) is 0 Å². The Kier molecular flexibility index (Phi) is 3.71. The molecular weight excluding hydrogens is 280 g/mol. The molecule has 1 aliphatic rings. The number of pyridine rings is 1. The Hall–Kier alpha value is -2.56. The summed E-state index contributed by atoms with van der Waals surface area (Å²) in [5.41, 5.74) is 9.46. The number of rotatable bonds is 4. The Morgan fingerprint density at radius 1 is 1.18 bits per heavy atom. The molecule has 5 nitrogen and oxygen atoms in total. The van der Waals surface area contributed by atoms with Crippen LogP contribution in [0.2, 0.25) is 0 Å². The van der Waals surface area contributed by atoms with E-state index in [2.05, 4.69) is 4.98 Å². The van der Waals surface area contributed by atoms with Crippen LogP contribution in [0.15, 0.2) is 24.3 Å². The normalized spacial score (nSPS) is 12.8. The largest absolute Gasteiger partial charge is 0.497 e. The van der Waals surface area contributed by atoms with Gasteiger partial charge in [-0.15, -0.1) is 0 Å². The fourth-order valence-corrected chi connectivity index (χ4v) is 2.86. The van der Waals surface area contributed by atoms with Gasteiger partial charge in [-0.1, -0.05) is 0 Å². The first-order valence-electron chi connectivity index (χ1n) is 7.19. The van der Waals surface area contributed by atoms with Crippen molar-refractivity contribution in [2.24, 2.45) is 5.73 Å². The lowest BCUT2D eigenvalue weighted by Gasteiger charge is -2.14. The van der Waals surface area contributed by atoms with Crippen LogP contribution in [0.4, 0.5) is 0 Å². The van der Waals surface area contributed by atoms with Gasteiger partial charge in [-0.25, -0.2) is 0 Å². The van der Waals surface area contributed by atoms with Gasteiger partial charge in [0.05, 0.1) is 25.5 Å². The summed E-state index contributed by atoms with van der Waals surface area (Å²) in [6, 6.07) is 7.30. The molecule has 22 heavy (non-hydrogen) atoms. The average molecular weight is 298 g/mol. The second-order valence-electron chi connectivity index (χ2n) is 5.27. The van der Waals surface area contributed by atoms with Gasteiger partial charge in [0, 0.05) is 17.3 Å². The van der Waals surface area contributed by atoms with E-state index < -0.39 is 5.91 Å². The number of carbonyl (C=O) groups excluding carboxylic acids is 1. The van der Waals surface area contributed by atoms with Crippen LogP contribution < -0.4 is 15.2 Å². The number of fused-ring (bicyclic) bond motifs is 1. The van der Waals surface area contributed by atoms with Crippen LogP contribution in [0, 0.1) is 0 Å². The quantitative estimate of drug-likeness (QED) is 0.940. The second kappa shape index (κ2) is 5.67. The number of nitrogens with zero attached hydrogens (tertiary/aromatic N) is 1. The van der Waals surface area contributed by atoms with E-state index in [1.807, 2.05) is 18.2 Å². The zero-order valence-electron chi connectivity index (χ0n) is 12.7. The van der Waals surface area contributed by atoms with Gasteiger partial charge in [-0.3, -0.25) is 9.78 Å². The van der Waals surface area contributed by atoms with Crippen molar-refractivity contribution in [3.63, 3.8) is 0 Å². The van der Waals surface area contributed by atoms with Crippen molar-refractivity contribution in [1.82, 2.24) is 4.98 Å². The first kappa shape index (κ1) is 14.4. The number of aromatic nitrogens is 1. The molecule has 114 valence electrons. The zero-order chi connectivity index (χ0) is 15.7. The van der Waals surface area contributed by atoms with E-state index in [-0.39, 0.29) is 0 Å². The minimum atomic E-state index is -0.477. The van der Waals surface area contributed by atoms with Crippen molar-refractivity contribution in [3.8, 4) is 22.8 Å². The summed E-state index contributed by atoms with van der Waals surface area (Å²) in [5.74, 6) is 0.810. The van der Waals surface area contributed by atoms with Crippen molar-refractivity contribution in [3.05, 3.63) is 41.1 Å². The lowest BCUT2D eigenvalue weighted by atomic mass is 10.0. The van der Waals surface area contributed by atoms with Crippen LogP contribution >= 0.6 is 0 Å². The summed E-state index contributed by atoms with van der Waals surface area (Å²) in [4.78, 5) is 16.5. The zero-order valence-corrected chi connectivity index (χ0v) is 12.7. The van der Waals surface area contributed by atoms with E-state index in [4.69, 9.17) is 15.2 Å². The third kappa shape index (κ3) is 2.39. The molecule has 0 saturated carbocycles. The summed E-state index contributed by atoms with van der Waals surface area (Å²) in [6.45, 7) is 0. The smallest absolute Gasteiger partial charge is 0.250 e. The standard InChI is InChI=1S/C17H18N2O3/c1-21-11-6-7-12(15(9-11)22-2)16-13(17(18)20)8-10-4-3-5-14(10)19-16/h6-9H,3-5H2,1-2H3,(H2,18,20). The molecule has 0 spiro atoms. The highest BCUT2D eigenvalue weighted by atomic mass is 16.5.